The minimum absolute atomic E-state index is 0.433. The van der Waals surface area contributed by atoms with Gasteiger partial charge < -0.3 is 0 Å². The lowest BCUT2D eigenvalue weighted by Gasteiger charge is -2.00. The fraction of sp³-hybridized carbons (Fsp3) is 0.125. The van der Waals surface area contributed by atoms with Crippen molar-refractivity contribution in [2.24, 2.45) is 0 Å². The summed E-state index contributed by atoms with van der Waals surface area (Å²) < 4.78 is 1.96. The third-order valence-corrected chi connectivity index (χ3v) is 2.80. The van der Waals surface area contributed by atoms with Crippen LogP contribution in [0, 0.1) is 11.3 Å². The maximum atomic E-state index is 8.48. The van der Waals surface area contributed by atoms with Gasteiger partial charge in [0.15, 0.2) is 0 Å². The van der Waals surface area contributed by atoms with Crippen LogP contribution in [0.3, 0.4) is 0 Å². The fourth-order valence-electron chi connectivity index (χ4n) is 0.780. The molecule has 0 aliphatic heterocycles. The minimum atomic E-state index is 0.433. The summed E-state index contributed by atoms with van der Waals surface area (Å²) in [6, 6.07) is 7.89. The molecule has 1 rings (SSSR count). The van der Waals surface area contributed by atoms with Crippen molar-refractivity contribution >= 4 is 31.9 Å². The van der Waals surface area contributed by atoms with E-state index in [2.05, 4.69) is 37.9 Å². The van der Waals surface area contributed by atoms with Crippen molar-refractivity contribution in [2.75, 3.05) is 0 Å². The fourth-order valence-corrected chi connectivity index (χ4v) is 2.06. The van der Waals surface area contributed by atoms with Gasteiger partial charge in [0.25, 0.3) is 0 Å². The summed E-state index contributed by atoms with van der Waals surface area (Å²) in [6.45, 7) is 0. The maximum Gasteiger partial charge on any atom is 0.0670 e. The zero-order valence-electron chi connectivity index (χ0n) is 5.64. The lowest BCUT2D eigenvalue weighted by Crippen LogP contribution is -1.84. The Kier molecular flexibility index (Phi) is 3.10. The molecule has 0 amide bonds. The molecule has 0 bridgehead atoms. The Labute approximate surface area is 82.3 Å². The number of halogens is 2. The molecule has 0 spiro atoms. The Hall–Kier alpha value is -0.330. The molecule has 1 aromatic carbocycles. The van der Waals surface area contributed by atoms with Crippen LogP contribution in [0.4, 0.5) is 0 Å². The molecule has 0 unspecified atom stereocenters. The van der Waals surface area contributed by atoms with Crippen LogP contribution in [0.1, 0.15) is 5.56 Å². The number of nitrogens with zero attached hydrogens (tertiary/aromatic N) is 1. The average molecular weight is 275 g/mol. The van der Waals surface area contributed by atoms with E-state index in [0.717, 1.165) is 14.5 Å². The van der Waals surface area contributed by atoms with Gasteiger partial charge in [0.1, 0.15) is 0 Å². The van der Waals surface area contributed by atoms with Crippen LogP contribution in [0.25, 0.3) is 0 Å². The Morgan fingerprint density at radius 2 is 1.82 bits per heavy atom. The Morgan fingerprint density at radius 1 is 1.27 bits per heavy atom. The molecular weight excluding hydrogens is 270 g/mol. The Balaban J connectivity index is 3.12. The largest absolute Gasteiger partial charge is 0.198 e. The highest BCUT2D eigenvalue weighted by molar-refractivity contribution is 9.11. The second-order valence-electron chi connectivity index (χ2n) is 2.04. The van der Waals surface area contributed by atoms with Gasteiger partial charge in [-0.25, -0.2) is 0 Å². The van der Waals surface area contributed by atoms with E-state index in [9.17, 15) is 0 Å². The van der Waals surface area contributed by atoms with E-state index in [1.165, 1.54) is 0 Å². The lowest BCUT2D eigenvalue weighted by atomic mass is 10.2. The van der Waals surface area contributed by atoms with Crippen LogP contribution in [0.15, 0.2) is 27.1 Å². The standard InChI is InChI=1S/C8H5Br2N/c9-7-2-1-3-8(10)6(7)4-5-11/h1-3H,4H2. The Bertz CT molecular complexity index is 281. The van der Waals surface area contributed by atoms with E-state index >= 15 is 0 Å². The Morgan fingerprint density at radius 3 is 2.27 bits per heavy atom. The topological polar surface area (TPSA) is 23.8 Å². The number of benzene rings is 1. The van der Waals surface area contributed by atoms with Crippen molar-refractivity contribution in [2.45, 2.75) is 6.42 Å². The first-order chi connectivity index (χ1) is 5.25. The zero-order valence-corrected chi connectivity index (χ0v) is 8.81. The SMILES string of the molecule is N#CCc1c(Br)cccc1Br. The highest BCUT2D eigenvalue weighted by Gasteiger charge is 2.02. The second kappa shape index (κ2) is 3.89. The molecule has 0 heterocycles. The van der Waals surface area contributed by atoms with Gasteiger partial charge in [-0.15, -0.1) is 0 Å². The minimum Gasteiger partial charge on any atom is -0.198 e. The lowest BCUT2D eigenvalue weighted by molar-refractivity contribution is 1.23. The van der Waals surface area contributed by atoms with Gasteiger partial charge in [-0.3, -0.25) is 0 Å². The van der Waals surface area contributed by atoms with Gasteiger partial charge in [-0.1, -0.05) is 37.9 Å². The first-order valence-electron chi connectivity index (χ1n) is 3.05. The molecule has 0 saturated heterocycles. The quantitative estimate of drug-likeness (QED) is 0.771. The first kappa shape index (κ1) is 8.76. The summed E-state index contributed by atoms with van der Waals surface area (Å²) in [5, 5.41) is 8.48. The predicted octanol–water partition coefficient (Wildman–Crippen LogP) is 3.28. The van der Waals surface area contributed by atoms with Crippen LogP contribution < -0.4 is 0 Å². The van der Waals surface area contributed by atoms with Crippen LogP contribution in [-0.2, 0) is 6.42 Å². The van der Waals surface area contributed by atoms with Crippen LogP contribution in [0.5, 0.6) is 0 Å². The molecule has 0 radical (unpaired) electrons. The summed E-state index contributed by atoms with van der Waals surface area (Å²) in [6.07, 6.45) is 0.433. The van der Waals surface area contributed by atoms with Crippen molar-refractivity contribution in [1.82, 2.24) is 0 Å². The van der Waals surface area contributed by atoms with Crippen LogP contribution in [-0.4, -0.2) is 0 Å². The molecule has 0 aliphatic carbocycles. The zero-order chi connectivity index (χ0) is 8.27. The molecule has 0 fully saturated rings. The highest BCUT2D eigenvalue weighted by atomic mass is 79.9. The normalized spacial score (nSPS) is 9.18. The van der Waals surface area contributed by atoms with Crippen molar-refractivity contribution < 1.29 is 0 Å². The molecule has 0 aliphatic rings. The summed E-state index contributed by atoms with van der Waals surface area (Å²) in [7, 11) is 0. The maximum absolute atomic E-state index is 8.48. The predicted molar refractivity (Wildman–Crippen MR) is 51.2 cm³/mol. The van der Waals surface area contributed by atoms with E-state index in [1.54, 1.807) is 0 Å². The van der Waals surface area contributed by atoms with Crippen molar-refractivity contribution in [1.29, 1.82) is 5.26 Å². The van der Waals surface area contributed by atoms with Crippen LogP contribution >= 0.6 is 31.9 Å². The van der Waals surface area contributed by atoms with Gasteiger partial charge in [-0.05, 0) is 17.7 Å². The van der Waals surface area contributed by atoms with E-state index < -0.39 is 0 Å². The molecule has 0 atom stereocenters. The molecule has 56 valence electrons. The van der Waals surface area contributed by atoms with Crippen LogP contribution in [0.2, 0.25) is 0 Å². The van der Waals surface area contributed by atoms with E-state index in [4.69, 9.17) is 5.26 Å². The second-order valence-corrected chi connectivity index (χ2v) is 3.74. The third-order valence-electron chi connectivity index (χ3n) is 1.32. The molecule has 1 nitrogen and oxygen atoms in total. The number of nitriles is 1. The first-order valence-corrected chi connectivity index (χ1v) is 4.64. The number of hydrogen-bond donors (Lipinski definition) is 0. The molecule has 11 heavy (non-hydrogen) atoms. The summed E-state index contributed by atoms with van der Waals surface area (Å²) in [4.78, 5) is 0. The molecule has 0 N–H and O–H groups in total. The van der Waals surface area contributed by atoms with E-state index in [1.807, 2.05) is 18.2 Å². The van der Waals surface area contributed by atoms with Gasteiger partial charge >= 0.3 is 0 Å². The molecule has 0 aromatic heterocycles. The van der Waals surface area contributed by atoms with Gasteiger partial charge in [0.05, 0.1) is 12.5 Å². The molecular formula is C8H5Br2N. The smallest absolute Gasteiger partial charge is 0.0670 e. The van der Waals surface area contributed by atoms with Gasteiger partial charge in [0, 0.05) is 8.95 Å². The van der Waals surface area contributed by atoms with Crippen molar-refractivity contribution in [3.8, 4) is 6.07 Å². The van der Waals surface area contributed by atoms with Gasteiger partial charge in [0.2, 0.25) is 0 Å². The summed E-state index contributed by atoms with van der Waals surface area (Å²) in [5.74, 6) is 0. The average Bonchev–Trinajstić information content (AvgIpc) is 1.97. The van der Waals surface area contributed by atoms with Gasteiger partial charge in [-0.2, -0.15) is 5.26 Å². The third kappa shape index (κ3) is 2.05. The van der Waals surface area contributed by atoms with E-state index in [-0.39, 0.29) is 0 Å². The van der Waals surface area contributed by atoms with E-state index in [0.29, 0.717) is 6.42 Å². The summed E-state index contributed by atoms with van der Waals surface area (Å²) in [5.41, 5.74) is 1.01. The molecule has 3 heteroatoms. The van der Waals surface area contributed by atoms with Crippen molar-refractivity contribution in [3.63, 3.8) is 0 Å². The number of hydrogen-bond acceptors (Lipinski definition) is 1. The monoisotopic (exact) mass is 273 g/mol. The highest BCUT2D eigenvalue weighted by Crippen LogP contribution is 2.24. The van der Waals surface area contributed by atoms with Crippen molar-refractivity contribution in [3.05, 3.63) is 32.7 Å². The number of rotatable bonds is 1. The molecule has 1 aromatic rings. The summed E-state index contributed by atoms with van der Waals surface area (Å²) >= 11 is 6.73. The molecule has 0 saturated carbocycles.